The molecule has 1 aliphatic heterocycles. The number of hydrogen-bond acceptors (Lipinski definition) is 3. The zero-order valence-corrected chi connectivity index (χ0v) is 20.3. The number of hydrogen-bond donors (Lipinski definition) is 0. The number of aromatic nitrogens is 2. The molecule has 174 valence electrons. The van der Waals surface area contributed by atoms with Gasteiger partial charge in [0.2, 0.25) is 0 Å². The van der Waals surface area contributed by atoms with Gasteiger partial charge in [-0.25, -0.2) is 9.78 Å². The van der Waals surface area contributed by atoms with E-state index in [4.69, 9.17) is 9.72 Å². The Labute approximate surface area is 196 Å². The second-order valence-corrected chi connectivity index (χ2v) is 10.6. The van der Waals surface area contributed by atoms with Crippen LogP contribution in [0.1, 0.15) is 75.9 Å². The fourth-order valence-corrected chi connectivity index (χ4v) is 6.01. The predicted molar refractivity (Wildman–Crippen MR) is 133 cm³/mol. The Hall–Kier alpha value is -2.82. The Bertz CT molecular complexity index is 1160. The number of methoxy groups -OCH3 is 1. The molecule has 5 heteroatoms. The van der Waals surface area contributed by atoms with E-state index in [1.165, 1.54) is 49.4 Å². The van der Waals surface area contributed by atoms with Crippen molar-refractivity contribution in [1.29, 1.82) is 0 Å². The highest BCUT2D eigenvalue weighted by atomic mass is 16.5. The van der Waals surface area contributed by atoms with Crippen molar-refractivity contribution in [2.24, 2.45) is 5.41 Å². The topological polar surface area (TPSA) is 47.4 Å². The van der Waals surface area contributed by atoms with Gasteiger partial charge < -0.3 is 9.30 Å². The van der Waals surface area contributed by atoms with Gasteiger partial charge in [-0.1, -0.05) is 50.6 Å². The maximum Gasteiger partial charge on any atom is 0.414 e. The highest BCUT2D eigenvalue weighted by Gasteiger charge is 2.34. The quantitative estimate of drug-likeness (QED) is 0.452. The standard InChI is InChI=1S/C28H35N3O2/c1-19-12-13-22-23(30(19)27(32)33-4)14-15-24-26(22)29-25(17-20-9-6-5-7-10-20)31(24)21-11-8-16-28(2,3)18-21/h5-7,9-10,14-15,19,21H,8,11-13,16-18H2,1-4H3/t19-,21-/m0/s1. The lowest BCUT2D eigenvalue weighted by Crippen LogP contribution is -2.42. The number of carbonyl (C=O) groups is 1. The van der Waals surface area contributed by atoms with Gasteiger partial charge in [-0.15, -0.1) is 0 Å². The highest BCUT2D eigenvalue weighted by Crippen LogP contribution is 2.44. The molecule has 33 heavy (non-hydrogen) atoms. The van der Waals surface area contributed by atoms with E-state index in [9.17, 15) is 4.79 Å². The second kappa shape index (κ2) is 8.51. The molecule has 5 nitrogen and oxygen atoms in total. The first-order valence-corrected chi connectivity index (χ1v) is 12.3. The number of imidazole rings is 1. The molecule has 3 aromatic rings. The SMILES string of the molecule is COC(=O)N1c2ccc3c(nc(Cc4ccccc4)n3[C@H]3CCCC(C)(C)C3)c2CC[C@@H]1C. The summed E-state index contributed by atoms with van der Waals surface area (Å²) in [4.78, 5) is 19.7. The van der Waals surface area contributed by atoms with E-state index >= 15 is 0 Å². The first kappa shape index (κ1) is 22.0. The molecule has 0 N–H and O–H groups in total. The van der Waals surface area contributed by atoms with Crippen LogP contribution in [0, 0.1) is 5.41 Å². The van der Waals surface area contributed by atoms with Crippen molar-refractivity contribution in [2.75, 3.05) is 12.0 Å². The van der Waals surface area contributed by atoms with Crippen LogP contribution < -0.4 is 4.90 Å². The number of amides is 1. The summed E-state index contributed by atoms with van der Waals surface area (Å²) in [6, 6.07) is 15.5. The molecule has 2 atom stereocenters. The van der Waals surface area contributed by atoms with Gasteiger partial charge in [0, 0.05) is 24.1 Å². The molecule has 2 heterocycles. The molecular weight excluding hydrogens is 410 g/mol. The number of benzene rings is 2. The van der Waals surface area contributed by atoms with Crippen LogP contribution in [-0.2, 0) is 17.6 Å². The van der Waals surface area contributed by atoms with Crippen molar-refractivity contribution >= 4 is 22.8 Å². The maximum atomic E-state index is 12.6. The first-order valence-electron chi connectivity index (χ1n) is 12.3. The van der Waals surface area contributed by atoms with Gasteiger partial charge in [-0.3, -0.25) is 4.90 Å². The summed E-state index contributed by atoms with van der Waals surface area (Å²) in [5.74, 6) is 1.13. The van der Waals surface area contributed by atoms with Crippen molar-refractivity contribution in [1.82, 2.24) is 9.55 Å². The second-order valence-electron chi connectivity index (χ2n) is 10.6. The van der Waals surface area contributed by atoms with E-state index < -0.39 is 0 Å². The Morgan fingerprint density at radius 3 is 2.67 bits per heavy atom. The largest absolute Gasteiger partial charge is 0.452 e. The molecule has 2 aliphatic rings. The summed E-state index contributed by atoms with van der Waals surface area (Å²) in [7, 11) is 1.46. The number of ether oxygens (including phenoxy) is 1. The molecule has 5 rings (SSSR count). The summed E-state index contributed by atoms with van der Waals surface area (Å²) in [5.41, 5.74) is 6.02. The molecule has 0 saturated heterocycles. The van der Waals surface area contributed by atoms with Crippen molar-refractivity contribution in [2.45, 2.75) is 77.8 Å². The number of aryl methyl sites for hydroxylation is 1. The Morgan fingerprint density at radius 1 is 1.15 bits per heavy atom. The Kier molecular flexibility index (Phi) is 5.67. The smallest absolute Gasteiger partial charge is 0.414 e. The predicted octanol–water partition coefficient (Wildman–Crippen LogP) is 6.68. The third-order valence-corrected chi connectivity index (χ3v) is 7.65. The number of anilines is 1. The summed E-state index contributed by atoms with van der Waals surface area (Å²) in [5, 5.41) is 0. The fraction of sp³-hybridized carbons (Fsp3) is 0.500. The average Bonchev–Trinajstić information content (AvgIpc) is 3.16. The van der Waals surface area contributed by atoms with Crippen LogP contribution >= 0.6 is 0 Å². The van der Waals surface area contributed by atoms with E-state index in [0.29, 0.717) is 11.5 Å². The Balaban J connectivity index is 1.67. The molecule has 0 radical (unpaired) electrons. The number of nitrogens with zero attached hydrogens (tertiary/aromatic N) is 3. The molecule has 0 unspecified atom stereocenters. The van der Waals surface area contributed by atoms with Crippen LogP contribution in [0.2, 0.25) is 0 Å². The molecule has 2 aromatic carbocycles. The summed E-state index contributed by atoms with van der Waals surface area (Å²) in [6.07, 6.45) is 7.27. The lowest BCUT2D eigenvalue weighted by molar-refractivity contribution is 0.175. The van der Waals surface area contributed by atoms with E-state index in [0.717, 1.165) is 36.3 Å². The molecule has 0 spiro atoms. The van der Waals surface area contributed by atoms with Crippen molar-refractivity contribution in [3.05, 3.63) is 59.4 Å². The molecule has 1 saturated carbocycles. The van der Waals surface area contributed by atoms with Crippen molar-refractivity contribution in [3.8, 4) is 0 Å². The van der Waals surface area contributed by atoms with Gasteiger partial charge in [0.25, 0.3) is 0 Å². The zero-order valence-electron chi connectivity index (χ0n) is 20.3. The first-order chi connectivity index (χ1) is 15.9. The third kappa shape index (κ3) is 4.03. The van der Waals surface area contributed by atoms with Crippen molar-refractivity contribution in [3.63, 3.8) is 0 Å². The van der Waals surface area contributed by atoms with Crippen LogP contribution in [0.15, 0.2) is 42.5 Å². The third-order valence-electron chi connectivity index (χ3n) is 7.65. The van der Waals surface area contributed by atoms with E-state index in [-0.39, 0.29) is 12.1 Å². The molecule has 1 aliphatic carbocycles. The zero-order chi connectivity index (χ0) is 23.2. The van der Waals surface area contributed by atoms with Gasteiger partial charge in [0.1, 0.15) is 5.82 Å². The number of rotatable bonds is 3. The van der Waals surface area contributed by atoms with E-state index in [2.05, 4.69) is 67.8 Å². The normalized spacial score (nSPS) is 22.2. The maximum absolute atomic E-state index is 12.6. The summed E-state index contributed by atoms with van der Waals surface area (Å²) < 4.78 is 7.65. The minimum atomic E-state index is -0.291. The Morgan fingerprint density at radius 2 is 1.94 bits per heavy atom. The van der Waals surface area contributed by atoms with Gasteiger partial charge in [-0.2, -0.15) is 0 Å². The highest BCUT2D eigenvalue weighted by molar-refractivity contribution is 5.95. The van der Waals surface area contributed by atoms with E-state index in [1.54, 1.807) is 4.90 Å². The molecule has 1 fully saturated rings. The molecule has 1 aromatic heterocycles. The van der Waals surface area contributed by atoms with Gasteiger partial charge >= 0.3 is 6.09 Å². The van der Waals surface area contributed by atoms with Crippen LogP contribution in [0.5, 0.6) is 0 Å². The lowest BCUT2D eigenvalue weighted by atomic mass is 9.75. The molecule has 0 bridgehead atoms. The lowest BCUT2D eigenvalue weighted by Gasteiger charge is -2.37. The minimum absolute atomic E-state index is 0.118. The van der Waals surface area contributed by atoms with Gasteiger partial charge in [-0.05, 0) is 62.1 Å². The van der Waals surface area contributed by atoms with Crippen LogP contribution in [0.3, 0.4) is 0 Å². The monoisotopic (exact) mass is 445 g/mol. The summed E-state index contributed by atoms with van der Waals surface area (Å²) >= 11 is 0. The average molecular weight is 446 g/mol. The van der Waals surface area contributed by atoms with Gasteiger partial charge in [0.05, 0.1) is 23.8 Å². The fourth-order valence-electron chi connectivity index (χ4n) is 6.01. The summed E-state index contributed by atoms with van der Waals surface area (Å²) in [6.45, 7) is 6.88. The van der Waals surface area contributed by atoms with Crippen LogP contribution in [0.4, 0.5) is 10.5 Å². The molecular formula is C28H35N3O2. The van der Waals surface area contributed by atoms with Crippen LogP contribution in [0.25, 0.3) is 11.0 Å². The van der Waals surface area contributed by atoms with Crippen LogP contribution in [-0.4, -0.2) is 28.8 Å². The van der Waals surface area contributed by atoms with Gasteiger partial charge in [0.15, 0.2) is 0 Å². The molecule has 1 amide bonds. The minimum Gasteiger partial charge on any atom is -0.452 e. The number of fused-ring (bicyclic) bond motifs is 3. The van der Waals surface area contributed by atoms with E-state index in [1.807, 2.05) is 0 Å². The van der Waals surface area contributed by atoms with Crippen molar-refractivity contribution < 1.29 is 9.53 Å². The number of carbonyl (C=O) groups excluding carboxylic acids is 1.